The van der Waals surface area contributed by atoms with Crippen LogP contribution in [-0.2, 0) is 6.54 Å². The maximum Gasteiger partial charge on any atom is 0.0636 e. The topological polar surface area (TPSA) is 73.1 Å². The van der Waals surface area contributed by atoms with Crippen molar-refractivity contribution in [3.8, 4) is 0 Å². The molecule has 2 aromatic heterocycles. The third-order valence-electron chi connectivity index (χ3n) is 4.14. The van der Waals surface area contributed by atoms with Crippen molar-refractivity contribution in [2.45, 2.75) is 47.2 Å². The minimum atomic E-state index is 0.0640. The van der Waals surface area contributed by atoms with E-state index in [0.29, 0.717) is 18.2 Å². The van der Waals surface area contributed by atoms with Crippen LogP contribution in [0.1, 0.15) is 34.6 Å². The Morgan fingerprint density at radius 1 is 1.42 bits per heavy atom. The van der Waals surface area contributed by atoms with Crippen LogP contribution in [0.4, 0.5) is 0 Å². The summed E-state index contributed by atoms with van der Waals surface area (Å²) in [7, 11) is 0. The molecule has 132 valence electrons. The van der Waals surface area contributed by atoms with Crippen molar-refractivity contribution in [2.75, 3.05) is 0 Å². The average molecular weight is 394 g/mol. The van der Waals surface area contributed by atoms with Crippen LogP contribution in [0.5, 0.6) is 0 Å². The monoisotopic (exact) mass is 393 g/mol. The van der Waals surface area contributed by atoms with Crippen molar-refractivity contribution in [2.24, 2.45) is 22.9 Å². The van der Waals surface area contributed by atoms with Crippen LogP contribution in [0.2, 0.25) is 0 Å². The van der Waals surface area contributed by atoms with Gasteiger partial charge in [0.1, 0.15) is 0 Å². The molecule has 6 heteroatoms. The Kier molecular flexibility index (Phi) is 5.60. The Morgan fingerprint density at radius 3 is 2.67 bits per heavy atom. The van der Waals surface area contributed by atoms with Crippen molar-refractivity contribution in [1.29, 1.82) is 0 Å². The van der Waals surface area contributed by atoms with E-state index in [1.165, 1.54) is 0 Å². The van der Waals surface area contributed by atoms with Crippen molar-refractivity contribution in [1.82, 2.24) is 14.6 Å². The molecular weight excluding hydrogens is 366 g/mol. The number of rotatable bonds is 5. The Balaban J connectivity index is 2.24. The second-order valence-electron chi connectivity index (χ2n) is 7.70. The van der Waals surface area contributed by atoms with Crippen molar-refractivity contribution >= 4 is 26.8 Å². The van der Waals surface area contributed by atoms with Crippen LogP contribution in [0.3, 0.4) is 0 Å². The third-order valence-corrected chi connectivity index (χ3v) is 4.77. The molecule has 0 saturated carbocycles. The van der Waals surface area contributed by atoms with Gasteiger partial charge < -0.3 is 15.3 Å². The van der Waals surface area contributed by atoms with Crippen molar-refractivity contribution in [3.63, 3.8) is 0 Å². The summed E-state index contributed by atoms with van der Waals surface area (Å²) in [5, 5.41) is 2.84. The van der Waals surface area contributed by atoms with Gasteiger partial charge in [0.15, 0.2) is 0 Å². The summed E-state index contributed by atoms with van der Waals surface area (Å²) >= 11 is 3.57. The van der Waals surface area contributed by atoms with E-state index in [1.54, 1.807) is 11.2 Å². The lowest BCUT2D eigenvalue weighted by Gasteiger charge is -2.40. The Hall–Kier alpha value is -1.53. The Morgan fingerprint density at radius 2 is 2.08 bits per heavy atom. The van der Waals surface area contributed by atoms with Gasteiger partial charge in [-0.15, -0.1) is 0 Å². The third kappa shape index (κ3) is 4.11. The first kappa shape index (κ1) is 18.8. The second kappa shape index (κ2) is 7.15. The van der Waals surface area contributed by atoms with Gasteiger partial charge in [-0.1, -0.05) is 34.6 Å². The Labute approximate surface area is 152 Å². The zero-order valence-electron chi connectivity index (χ0n) is 15.1. The highest BCUT2D eigenvalue weighted by molar-refractivity contribution is 9.10. The van der Waals surface area contributed by atoms with Gasteiger partial charge in [0.05, 0.1) is 18.1 Å². The maximum absolute atomic E-state index is 6.33. The lowest BCUT2D eigenvalue weighted by Crippen LogP contribution is -2.48. The van der Waals surface area contributed by atoms with Crippen LogP contribution < -0.4 is 11.6 Å². The van der Waals surface area contributed by atoms with E-state index < -0.39 is 0 Å². The minimum absolute atomic E-state index is 0.0640. The molecular formula is C18H28BrN5. The summed E-state index contributed by atoms with van der Waals surface area (Å²) in [5.41, 5.74) is 8.15. The van der Waals surface area contributed by atoms with Crippen LogP contribution in [0.25, 0.3) is 10.9 Å². The number of hydrazine groups is 1. The van der Waals surface area contributed by atoms with E-state index in [-0.39, 0.29) is 11.5 Å². The van der Waals surface area contributed by atoms with Gasteiger partial charge in [-0.25, -0.2) is 5.84 Å². The van der Waals surface area contributed by atoms with Crippen LogP contribution in [-0.4, -0.2) is 20.6 Å². The molecule has 1 unspecified atom stereocenters. The molecule has 0 saturated heterocycles. The van der Waals surface area contributed by atoms with Gasteiger partial charge in [0.25, 0.3) is 0 Å². The van der Waals surface area contributed by atoms with E-state index in [0.717, 1.165) is 15.4 Å². The quantitative estimate of drug-likeness (QED) is 0.597. The maximum atomic E-state index is 6.33. The number of hydrogen-bond acceptors (Lipinski definition) is 4. The van der Waals surface area contributed by atoms with Gasteiger partial charge in [-0.3, -0.25) is 4.98 Å². The molecule has 2 rings (SSSR count). The average Bonchev–Trinajstić information content (AvgIpc) is 2.73. The lowest BCUT2D eigenvalue weighted by molar-refractivity contribution is 0.103. The molecule has 5 nitrogen and oxygen atoms in total. The van der Waals surface area contributed by atoms with E-state index in [9.17, 15) is 0 Å². The fourth-order valence-corrected chi connectivity index (χ4v) is 4.08. The molecule has 4 N–H and O–H groups in total. The molecule has 0 spiro atoms. The molecule has 0 aliphatic carbocycles. The van der Waals surface area contributed by atoms with E-state index in [2.05, 4.69) is 60.1 Å². The molecule has 0 radical (unpaired) electrons. The first-order chi connectivity index (χ1) is 11.1. The molecule has 0 fully saturated rings. The van der Waals surface area contributed by atoms with E-state index in [4.69, 9.17) is 11.6 Å². The highest BCUT2D eigenvalue weighted by Gasteiger charge is 2.30. The van der Waals surface area contributed by atoms with Crippen molar-refractivity contribution < 1.29 is 0 Å². The van der Waals surface area contributed by atoms with Crippen LogP contribution in [0, 0.1) is 11.3 Å². The first-order valence-electron chi connectivity index (χ1n) is 8.18. The number of nitrogens with zero attached hydrogens (tertiary/aromatic N) is 3. The largest absolute Gasteiger partial charge is 0.399 e. The predicted molar refractivity (Wildman–Crippen MR) is 104 cm³/mol. The molecule has 0 aromatic carbocycles. The summed E-state index contributed by atoms with van der Waals surface area (Å²) in [6.45, 7) is 11.5. The zero-order chi connectivity index (χ0) is 18.1. The molecule has 1 atom stereocenters. The molecule has 2 heterocycles. The smallest absolute Gasteiger partial charge is 0.0636 e. The highest BCUT2D eigenvalue weighted by atomic mass is 79.9. The zero-order valence-corrected chi connectivity index (χ0v) is 16.7. The van der Waals surface area contributed by atoms with Gasteiger partial charge in [0, 0.05) is 40.3 Å². The molecule has 0 bridgehead atoms. The van der Waals surface area contributed by atoms with Crippen LogP contribution in [0.15, 0.2) is 41.0 Å². The standard InChI is InChI=1S/C18H28BrN5/c1-12(2)17(18(3,4)5)24(21)10-13(20)9-23-11-15(19)14-8-22-7-6-16(14)23/h6-8,10-12,17H,9,20-21H2,1-5H3/b13-10-. The van der Waals surface area contributed by atoms with E-state index in [1.807, 2.05) is 24.7 Å². The van der Waals surface area contributed by atoms with Gasteiger partial charge in [-0.2, -0.15) is 0 Å². The normalized spacial score (nSPS) is 14.4. The molecule has 0 amide bonds. The molecule has 0 aliphatic rings. The van der Waals surface area contributed by atoms with Gasteiger partial charge >= 0.3 is 0 Å². The Bertz CT molecular complexity index is 727. The van der Waals surface area contributed by atoms with Gasteiger partial charge in [0.2, 0.25) is 0 Å². The second-order valence-corrected chi connectivity index (χ2v) is 8.56. The first-order valence-corrected chi connectivity index (χ1v) is 8.98. The molecule has 24 heavy (non-hydrogen) atoms. The minimum Gasteiger partial charge on any atom is -0.399 e. The lowest BCUT2D eigenvalue weighted by atomic mass is 9.80. The summed E-state index contributed by atoms with van der Waals surface area (Å²) in [5.74, 6) is 6.75. The summed E-state index contributed by atoms with van der Waals surface area (Å²) in [4.78, 5) is 4.17. The number of allylic oxidation sites excluding steroid dienone is 1. The number of halogens is 1. The fourth-order valence-electron chi connectivity index (χ4n) is 3.53. The molecule has 2 aromatic rings. The van der Waals surface area contributed by atoms with E-state index >= 15 is 0 Å². The number of hydrogen-bond donors (Lipinski definition) is 2. The van der Waals surface area contributed by atoms with Gasteiger partial charge in [-0.05, 0) is 33.3 Å². The highest BCUT2D eigenvalue weighted by Crippen LogP contribution is 2.29. The van der Waals surface area contributed by atoms with Crippen molar-refractivity contribution in [3.05, 3.63) is 41.0 Å². The van der Waals surface area contributed by atoms with Crippen LogP contribution >= 0.6 is 15.9 Å². The molecule has 0 aliphatic heterocycles. The fraction of sp³-hybridized carbons (Fsp3) is 0.500. The number of aromatic nitrogens is 2. The SMILES string of the molecule is CC(C)C(N(N)/C=C(\N)Cn1cc(Br)c2cnccc21)C(C)(C)C. The number of pyridine rings is 1. The number of nitrogens with two attached hydrogens (primary N) is 2. The summed E-state index contributed by atoms with van der Waals surface area (Å²) in [6.07, 6.45) is 7.52. The predicted octanol–water partition coefficient (Wildman–Crippen LogP) is 3.85. The summed E-state index contributed by atoms with van der Waals surface area (Å²) < 4.78 is 3.11. The summed E-state index contributed by atoms with van der Waals surface area (Å²) in [6, 6.07) is 2.19. The number of fused-ring (bicyclic) bond motifs is 1.